The molecule has 4 atom stereocenters. The molecule has 3 amide bonds. The SMILES string of the molecule is COc1cccc2[nH]c(C(=O)NC(C(=O)N3C[C@@H](C)C(C)(C)[C@H]3C(=O)NC(C)C(=O)CCl)C3CC3)cc12. The molecule has 10 heteroatoms. The van der Waals surface area contributed by atoms with Crippen LogP contribution in [0.1, 0.15) is 51.0 Å². The maximum absolute atomic E-state index is 13.9. The van der Waals surface area contributed by atoms with Crippen molar-refractivity contribution in [3.05, 3.63) is 30.0 Å². The minimum absolute atomic E-state index is 0.00911. The number of carbonyl (C=O) groups is 4. The summed E-state index contributed by atoms with van der Waals surface area (Å²) in [6.45, 7) is 7.87. The summed E-state index contributed by atoms with van der Waals surface area (Å²) in [6, 6.07) is 4.92. The van der Waals surface area contributed by atoms with Crippen LogP contribution >= 0.6 is 11.6 Å². The summed E-state index contributed by atoms with van der Waals surface area (Å²) in [7, 11) is 1.57. The van der Waals surface area contributed by atoms with Gasteiger partial charge in [0.05, 0.1) is 19.0 Å². The highest BCUT2D eigenvalue weighted by molar-refractivity contribution is 6.28. The number of likely N-dealkylation sites (tertiary alicyclic amines) is 1. The van der Waals surface area contributed by atoms with Crippen LogP contribution in [-0.2, 0) is 14.4 Å². The van der Waals surface area contributed by atoms with Gasteiger partial charge in [0.1, 0.15) is 23.5 Å². The number of fused-ring (bicyclic) bond motifs is 1. The zero-order valence-electron chi connectivity index (χ0n) is 21.9. The molecule has 3 N–H and O–H groups in total. The van der Waals surface area contributed by atoms with Crippen molar-refractivity contribution in [3.8, 4) is 5.75 Å². The van der Waals surface area contributed by atoms with Gasteiger partial charge in [-0.15, -0.1) is 11.6 Å². The number of Topliss-reactive ketones (excluding diaryl/α,β-unsaturated/α-hetero) is 1. The minimum atomic E-state index is -0.781. The predicted octanol–water partition coefficient (Wildman–Crippen LogP) is 2.87. The number of nitrogens with one attached hydrogen (secondary N) is 3. The first-order valence-corrected chi connectivity index (χ1v) is 13.2. The number of aromatic nitrogens is 1. The molecule has 1 aromatic carbocycles. The molecule has 2 aromatic rings. The number of halogens is 1. The first kappa shape index (κ1) is 27.0. The normalized spacial score (nSPS) is 22.4. The largest absolute Gasteiger partial charge is 0.496 e. The first-order valence-electron chi connectivity index (χ1n) is 12.7. The van der Waals surface area contributed by atoms with Crippen LogP contribution in [0.2, 0.25) is 0 Å². The fraction of sp³-hybridized carbons (Fsp3) is 0.556. The molecule has 9 nitrogen and oxygen atoms in total. The van der Waals surface area contributed by atoms with Crippen LogP contribution in [0.5, 0.6) is 5.75 Å². The van der Waals surface area contributed by atoms with E-state index in [2.05, 4.69) is 15.6 Å². The van der Waals surface area contributed by atoms with Crippen LogP contribution < -0.4 is 15.4 Å². The number of benzene rings is 1. The molecule has 1 saturated heterocycles. The number of H-pyrrole nitrogens is 1. The molecule has 2 unspecified atom stereocenters. The van der Waals surface area contributed by atoms with Crippen molar-refractivity contribution >= 4 is 46.0 Å². The second kappa shape index (κ2) is 10.4. The molecule has 2 aliphatic rings. The van der Waals surface area contributed by atoms with Crippen LogP contribution in [-0.4, -0.2) is 71.0 Å². The third-order valence-corrected chi connectivity index (χ3v) is 8.26. The lowest BCUT2D eigenvalue weighted by Crippen LogP contribution is -2.58. The number of ether oxygens (including phenoxy) is 1. The molecule has 0 bridgehead atoms. The van der Waals surface area contributed by atoms with Crippen molar-refractivity contribution < 1.29 is 23.9 Å². The lowest BCUT2D eigenvalue weighted by molar-refractivity contribution is -0.143. The highest BCUT2D eigenvalue weighted by Crippen LogP contribution is 2.43. The van der Waals surface area contributed by atoms with E-state index in [1.165, 1.54) is 0 Å². The van der Waals surface area contributed by atoms with Crippen LogP contribution in [0.15, 0.2) is 24.3 Å². The topological polar surface area (TPSA) is 121 Å². The lowest BCUT2D eigenvalue weighted by Gasteiger charge is -2.35. The maximum Gasteiger partial charge on any atom is 0.268 e. The second-order valence-electron chi connectivity index (χ2n) is 10.8. The Morgan fingerprint density at radius 3 is 2.54 bits per heavy atom. The summed E-state index contributed by atoms with van der Waals surface area (Å²) in [4.78, 5) is 57.2. The molecular weight excluding hydrogens is 496 g/mol. The summed E-state index contributed by atoms with van der Waals surface area (Å²) < 4.78 is 5.39. The van der Waals surface area contributed by atoms with E-state index in [4.69, 9.17) is 16.3 Å². The molecule has 1 aliphatic heterocycles. The van der Waals surface area contributed by atoms with E-state index in [-0.39, 0.29) is 29.4 Å². The third-order valence-electron chi connectivity index (χ3n) is 8.00. The number of hydrogen-bond acceptors (Lipinski definition) is 5. The van der Waals surface area contributed by atoms with E-state index in [0.717, 1.165) is 23.7 Å². The molecule has 2 fully saturated rings. The number of nitrogens with zero attached hydrogens (tertiary/aromatic N) is 1. The summed E-state index contributed by atoms with van der Waals surface area (Å²) in [5.74, 6) is -0.878. The van der Waals surface area contributed by atoms with Gasteiger partial charge in [-0.3, -0.25) is 19.2 Å². The van der Waals surface area contributed by atoms with Crippen molar-refractivity contribution in [2.45, 2.75) is 58.7 Å². The summed E-state index contributed by atoms with van der Waals surface area (Å²) >= 11 is 5.66. The molecule has 4 rings (SSSR count). The summed E-state index contributed by atoms with van der Waals surface area (Å²) in [6.07, 6.45) is 1.64. The zero-order valence-corrected chi connectivity index (χ0v) is 22.6. The van der Waals surface area contributed by atoms with Gasteiger partial charge in [-0.05, 0) is 55.2 Å². The predicted molar refractivity (Wildman–Crippen MR) is 141 cm³/mol. The van der Waals surface area contributed by atoms with E-state index >= 15 is 0 Å². The number of amides is 3. The number of alkyl halides is 1. The number of hydrogen-bond donors (Lipinski definition) is 3. The second-order valence-corrected chi connectivity index (χ2v) is 11.1. The molecule has 1 aromatic heterocycles. The molecule has 0 spiro atoms. The van der Waals surface area contributed by atoms with Gasteiger partial charge in [-0.2, -0.15) is 0 Å². The number of carbonyl (C=O) groups excluding carboxylic acids is 4. The summed E-state index contributed by atoms with van der Waals surface area (Å²) in [5, 5.41) is 6.45. The van der Waals surface area contributed by atoms with Crippen LogP contribution in [0, 0.1) is 17.3 Å². The minimum Gasteiger partial charge on any atom is -0.496 e. The lowest BCUT2D eigenvalue weighted by atomic mass is 9.77. The van der Waals surface area contributed by atoms with Crippen molar-refractivity contribution in [2.24, 2.45) is 17.3 Å². The van der Waals surface area contributed by atoms with Crippen LogP contribution in [0.25, 0.3) is 10.9 Å². The fourth-order valence-electron chi connectivity index (χ4n) is 5.13. The van der Waals surface area contributed by atoms with Gasteiger partial charge in [-0.25, -0.2) is 0 Å². The van der Waals surface area contributed by atoms with E-state index in [0.29, 0.717) is 18.0 Å². The highest BCUT2D eigenvalue weighted by Gasteiger charge is 2.54. The van der Waals surface area contributed by atoms with Crippen molar-refractivity contribution in [1.29, 1.82) is 0 Å². The van der Waals surface area contributed by atoms with Gasteiger partial charge >= 0.3 is 0 Å². The van der Waals surface area contributed by atoms with E-state index in [9.17, 15) is 19.2 Å². The van der Waals surface area contributed by atoms with Crippen molar-refractivity contribution in [1.82, 2.24) is 20.5 Å². The Bertz CT molecular complexity index is 1220. The van der Waals surface area contributed by atoms with Gasteiger partial charge in [0.15, 0.2) is 5.78 Å². The average molecular weight is 531 g/mol. The van der Waals surface area contributed by atoms with Gasteiger partial charge in [0, 0.05) is 17.4 Å². The van der Waals surface area contributed by atoms with Gasteiger partial charge < -0.3 is 25.3 Å². The molecule has 1 aliphatic carbocycles. The van der Waals surface area contributed by atoms with Crippen LogP contribution in [0.4, 0.5) is 0 Å². The summed E-state index contributed by atoms with van der Waals surface area (Å²) in [5.41, 5.74) is 0.553. The Morgan fingerprint density at radius 1 is 1.22 bits per heavy atom. The molecule has 0 radical (unpaired) electrons. The Labute approximate surface area is 221 Å². The molecular formula is C27H35ClN4O5. The number of rotatable bonds is 9. The van der Waals surface area contributed by atoms with Gasteiger partial charge in [0.25, 0.3) is 5.91 Å². The zero-order chi connectivity index (χ0) is 27.1. The van der Waals surface area contributed by atoms with Crippen LogP contribution in [0.3, 0.4) is 0 Å². The molecule has 1 saturated carbocycles. The van der Waals surface area contributed by atoms with Crippen molar-refractivity contribution in [2.75, 3.05) is 19.5 Å². The Kier molecular flexibility index (Phi) is 7.55. The Balaban J connectivity index is 1.56. The smallest absolute Gasteiger partial charge is 0.268 e. The Hall–Kier alpha value is -3.07. The van der Waals surface area contributed by atoms with Crippen molar-refractivity contribution in [3.63, 3.8) is 0 Å². The average Bonchev–Trinajstić information content (AvgIpc) is 3.55. The van der Waals surface area contributed by atoms with E-state index in [1.807, 2.05) is 39.0 Å². The molecule has 200 valence electrons. The Morgan fingerprint density at radius 2 is 1.92 bits per heavy atom. The number of aromatic amines is 1. The quantitative estimate of drug-likeness (QED) is 0.430. The van der Waals surface area contributed by atoms with E-state index in [1.54, 1.807) is 25.0 Å². The van der Waals surface area contributed by atoms with Gasteiger partial charge in [-0.1, -0.05) is 26.8 Å². The molecule has 2 heterocycles. The monoisotopic (exact) mass is 530 g/mol. The number of methoxy groups -OCH3 is 1. The van der Waals surface area contributed by atoms with E-state index < -0.39 is 35.4 Å². The van der Waals surface area contributed by atoms with Gasteiger partial charge in [0.2, 0.25) is 11.8 Å². The fourth-order valence-corrected chi connectivity index (χ4v) is 5.36. The standard InChI is InChI=1S/C27H35ClN4O5/c1-14-13-32(23(27(14,3)4)25(35)29-15(2)20(33)12-28)26(36)22(16-9-10-16)31-24(34)19-11-17-18(30-19)7-6-8-21(17)37-5/h6-8,11,14-16,22-23,30H,9-10,12-13H2,1-5H3,(H,29,35)(H,31,34)/t14-,15?,22?,23-/m1/s1. The first-order chi connectivity index (χ1) is 17.5. The highest BCUT2D eigenvalue weighted by atomic mass is 35.5. The molecule has 37 heavy (non-hydrogen) atoms. The maximum atomic E-state index is 13.9. The number of ketones is 1. The third kappa shape index (κ3) is 5.19.